The third-order valence-corrected chi connectivity index (χ3v) is 5.68. The molecular weight excluding hydrogens is 372 g/mol. The number of allylic oxidation sites excluding steroid dienone is 2. The predicted molar refractivity (Wildman–Crippen MR) is 116 cm³/mol. The van der Waals surface area contributed by atoms with Crippen LogP contribution >= 0.6 is 23.1 Å². The summed E-state index contributed by atoms with van der Waals surface area (Å²) in [5.41, 5.74) is 2.86. The number of nitrogens with one attached hydrogen (secondary N) is 1. The fourth-order valence-electron chi connectivity index (χ4n) is 2.67. The number of pyridine rings is 1. The number of hydrogen-bond donors (Lipinski definition) is 1. The number of nitrogens with zero attached hydrogens (tertiary/aromatic N) is 3. The highest BCUT2D eigenvalue weighted by molar-refractivity contribution is 8.08. The predicted octanol–water partition coefficient (Wildman–Crippen LogP) is 5.07. The molecule has 0 amide bonds. The van der Waals surface area contributed by atoms with Crippen molar-refractivity contribution in [1.82, 2.24) is 14.4 Å². The standard InChI is InChI=1S/C21H20N4S2/c1-21(2,3)24-19-18(23-20-25(19)12-13-26-20)17-10-8-15(14-27-17)7-9-16-6-4-5-11-22-16/h4-6,8,10-13,24H,14H2,1-3H3. The van der Waals surface area contributed by atoms with E-state index in [2.05, 4.69) is 71.0 Å². The topological polar surface area (TPSA) is 42.2 Å². The minimum atomic E-state index is -0.0400. The van der Waals surface area contributed by atoms with Gasteiger partial charge in [0, 0.05) is 39.5 Å². The van der Waals surface area contributed by atoms with Crippen molar-refractivity contribution in [2.45, 2.75) is 26.3 Å². The van der Waals surface area contributed by atoms with Crippen molar-refractivity contribution in [2.75, 3.05) is 11.1 Å². The monoisotopic (exact) mass is 392 g/mol. The molecule has 0 fully saturated rings. The number of anilines is 1. The maximum absolute atomic E-state index is 4.85. The minimum Gasteiger partial charge on any atom is -0.365 e. The molecule has 0 saturated heterocycles. The van der Waals surface area contributed by atoms with Gasteiger partial charge < -0.3 is 5.32 Å². The van der Waals surface area contributed by atoms with Gasteiger partial charge in [-0.05, 0) is 51.0 Å². The summed E-state index contributed by atoms with van der Waals surface area (Å²) >= 11 is 3.43. The van der Waals surface area contributed by atoms with Gasteiger partial charge in [-0.3, -0.25) is 4.40 Å². The molecule has 0 radical (unpaired) electrons. The fraction of sp³-hybridized carbons (Fsp3) is 0.238. The lowest BCUT2D eigenvalue weighted by atomic mass is 10.1. The normalized spacial score (nSPS) is 14.3. The lowest BCUT2D eigenvalue weighted by Gasteiger charge is -2.23. The number of imidazole rings is 1. The highest BCUT2D eigenvalue weighted by Crippen LogP contribution is 2.38. The Labute approximate surface area is 167 Å². The number of hydrogen-bond acceptors (Lipinski definition) is 5. The van der Waals surface area contributed by atoms with E-state index in [1.807, 2.05) is 18.2 Å². The Morgan fingerprint density at radius 3 is 2.78 bits per heavy atom. The molecule has 136 valence electrons. The number of thioether (sulfide) groups is 1. The Kier molecular flexibility index (Phi) is 4.81. The average molecular weight is 393 g/mol. The van der Waals surface area contributed by atoms with E-state index in [4.69, 9.17) is 4.98 Å². The molecule has 4 nitrogen and oxygen atoms in total. The Morgan fingerprint density at radius 1 is 1.19 bits per heavy atom. The number of rotatable bonds is 2. The van der Waals surface area contributed by atoms with Gasteiger partial charge in [0.15, 0.2) is 4.96 Å². The second kappa shape index (κ2) is 7.26. The molecule has 0 aliphatic carbocycles. The SMILES string of the molecule is CC(C)(C)Nc1c(C2=CC=C(C#Cc3ccccn3)CS2)nc2sccn12. The second-order valence-electron chi connectivity index (χ2n) is 7.22. The van der Waals surface area contributed by atoms with Crippen LogP contribution in [0.5, 0.6) is 0 Å². The van der Waals surface area contributed by atoms with E-state index in [0.717, 1.165) is 33.5 Å². The van der Waals surface area contributed by atoms with Crippen molar-refractivity contribution in [3.05, 3.63) is 65.1 Å². The van der Waals surface area contributed by atoms with E-state index in [1.165, 1.54) is 4.91 Å². The maximum Gasteiger partial charge on any atom is 0.195 e. The van der Waals surface area contributed by atoms with Crippen molar-refractivity contribution in [3.8, 4) is 11.8 Å². The zero-order valence-corrected chi connectivity index (χ0v) is 17.1. The van der Waals surface area contributed by atoms with Gasteiger partial charge in [0.1, 0.15) is 17.2 Å². The van der Waals surface area contributed by atoms with Gasteiger partial charge in [0.05, 0.1) is 0 Å². The summed E-state index contributed by atoms with van der Waals surface area (Å²) in [7, 11) is 0. The van der Waals surface area contributed by atoms with Crippen LogP contribution in [0.3, 0.4) is 0 Å². The van der Waals surface area contributed by atoms with E-state index >= 15 is 0 Å². The van der Waals surface area contributed by atoms with Crippen molar-refractivity contribution < 1.29 is 0 Å². The molecule has 1 N–H and O–H groups in total. The second-order valence-corrected chi connectivity index (χ2v) is 9.11. The zero-order valence-electron chi connectivity index (χ0n) is 15.5. The molecule has 4 rings (SSSR count). The molecule has 0 bridgehead atoms. The molecule has 1 aliphatic rings. The van der Waals surface area contributed by atoms with Crippen molar-refractivity contribution in [3.63, 3.8) is 0 Å². The van der Waals surface area contributed by atoms with Crippen LogP contribution in [0.25, 0.3) is 9.87 Å². The van der Waals surface area contributed by atoms with Crippen molar-refractivity contribution in [1.29, 1.82) is 0 Å². The molecule has 0 unspecified atom stereocenters. The lowest BCUT2D eigenvalue weighted by Crippen LogP contribution is -2.27. The summed E-state index contributed by atoms with van der Waals surface area (Å²) in [6.45, 7) is 6.49. The first kappa shape index (κ1) is 17.9. The molecule has 3 aromatic rings. The van der Waals surface area contributed by atoms with Crippen LogP contribution < -0.4 is 5.32 Å². The third kappa shape index (κ3) is 4.10. The van der Waals surface area contributed by atoms with E-state index in [1.54, 1.807) is 29.3 Å². The lowest BCUT2D eigenvalue weighted by molar-refractivity contribution is 0.629. The minimum absolute atomic E-state index is 0.0400. The first-order chi connectivity index (χ1) is 13.0. The van der Waals surface area contributed by atoms with Crippen LogP contribution in [0.2, 0.25) is 0 Å². The molecule has 3 aromatic heterocycles. The van der Waals surface area contributed by atoms with Gasteiger partial charge in [-0.15, -0.1) is 23.1 Å². The zero-order chi connectivity index (χ0) is 18.9. The number of aromatic nitrogens is 3. The first-order valence-corrected chi connectivity index (χ1v) is 10.6. The van der Waals surface area contributed by atoms with Crippen LogP contribution in [0.1, 0.15) is 32.2 Å². The molecule has 0 atom stereocenters. The van der Waals surface area contributed by atoms with Gasteiger partial charge in [0.25, 0.3) is 0 Å². The molecule has 0 spiro atoms. The molecule has 0 saturated carbocycles. The molecule has 6 heteroatoms. The highest BCUT2D eigenvalue weighted by atomic mass is 32.2. The van der Waals surface area contributed by atoms with Crippen molar-refractivity contribution >= 4 is 38.8 Å². The molecule has 4 heterocycles. The van der Waals surface area contributed by atoms with Gasteiger partial charge in [-0.25, -0.2) is 9.97 Å². The van der Waals surface area contributed by atoms with Crippen molar-refractivity contribution in [2.24, 2.45) is 0 Å². The van der Waals surface area contributed by atoms with Crippen LogP contribution in [0, 0.1) is 11.8 Å². The molecule has 1 aliphatic heterocycles. The maximum atomic E-state index is 4.85. The summed E-state index contributed by atoms with van der Waals surface area (Å²) in [5, 5.41) is 5.67. The number of thiazole rings is 1. The Bertz CT molecular complexity index is 1090. The summed E-state index contributed by atoms with van der Waals surface area (Å²) < 4.78 is 2.13. The first-order valence-electron chi connectivity index (χ1n) is 8.70. The smallest absolute Gasteiger partial charge is 0.195 e. The molecule has 27 heavy (non-hydrogen) atoms. The molecule has 0 aromatic carbocycles. The van der Waals surface area contributed by atoms with E-state index in [0.29, 0.717) is 0 Å². The highest BCUT2D eigenvalue weighted by Gasteiger charge is 2.22. The van der Waals surface area contributed by atoms with Crippen LogP contribution in [0.15, 0.2) is 53.7 Å². The van der Waals surface area contributed by atoms with E-state index < -0.39 is 0 Å². The third-order valence-electron chi connectivity index (χ3n) is 3.82. The van der Waals surface area contributed by atoms with Gasteiger partial charge in [0.2, 0.25) is 0 Å². The Hall–Kier alpha value is -2.49. The van der Waals surface area contributed by atoms with Crippen LogP contribution in [0.4, 0.5) is 5.82 Å². The van der Waals surface area contributed by atoms with Crippen LogP contribution in [-0.2, 0) is 0 Å². The average Bonchev–Trinajstić information content (AvgIpc) is 3.23. The van der Waals surface area contributed by atoms with Gasteiger partial charge in [-0.2, -0.15) is 0 Å². The summed E-state index contributed by atoms with van der Waals surface area (Å²) in [6, 6.07) is 5.77. The quantitative estimate of drug-likeness (QED) is 0.619. The van der Waals surface area contributed by atoms with E-state index in [9.17, 15) is 0 Å². The summed E-state index contributed by atoms with van der Waals surface area (Å²) in [4.78, 5) is 11.3. The summed E-state index contributed by atoms with van der Waals surface area (Å²) in [5.74, 6) is 8.24. The largest absolute Gasteiger partial charge is 0.365 e. The fourth-order valence-corrected chi connectivity index (χ4v) is 4.30. The Balaban J connectivity index is 1.64. The van der Waals surface area contributed by atoms with E-state index in [-0.39, 0.29) is 5.54 Å². The molecular formula is C21H20N4S2. The number of fused-ring (bicyclic) bond motifs is 1. The van der Waals surface area contributed by atoms with Crippen LogP contribution in [-0.4, -0.2) is 25.7 Å². The summed E-state index contributed by atoms with van der Waals surface area (Å²) in [6.07, 6.45) is 8.05. The Morgan fingerprint density at radius 2 is 2.07 bits per heavy atom. The van der Waals surface area contributed by atoms with Gasteiger partial charge >= 0.3 is 0 Å². The van der Waals surface area contributed by atoms with Gasteiger partial charge in [-0.1, -0.05) is 12.0 Å².